The highest BCUT2D eigenvalue weighted by Crippen LogP contribution is 2.14. The lowest BCUT2D eigenvalue weighted by Crippen LogP contribution is -2.15. The molecule has 0 aliphatic rings. The highest BCUT2D eigenvalue weighted by Gasteiger charge is 2.12. The Balaban J connectivity index is 2.20. The Bertz CT molecular complexity index is 630. The molecule has 0 fully saturated rings. The van der Waals surface area contributed by atoms with Crippen LogP contribution in [0.25, 0.3) is 0 Å². The Morgan fingerprint density at radius 2 is 1.95 bits per heavy atom. The summed E-state index contributed by atoms with van der Waals surface area (Å²) in [7, 11) is 0. The number of amides is 1. The Kier molecular flexibility index (Phi) is 3.06. The number of nitrogens with one attached hydrogen (secondary N) is 1. The van der Waals surface area contributed by atoms with Crippen molar-refractivity contribution >= 4 is 17.7 Å². The van der Waals surface area contributed by atoms with Crippen LogP contribution in [0.4, 0.5) is 5.82 Å². The van der Waals surface area contributed by atoms with Crippen molar-refractivity contribution < 1.29 is 19.8 Å². The first-order chi connectivity index (χ1) is 8.97. The van der Waals surface area contributed by atoms with Crippen LogP contribution in [0, 0.1) is 0 Å². The number of hydrogen-bond donors (Lipinski definition) is 4. The van der Waals surface area contributed by atoms with E-state index in [4.69, 9.17) is 10.9 Å². The van der Waals surface area contributed by atoms with Gasteiger partial charge >= 0.3 is 5.97 Å². The number of anilines is 1. The molecular weight excluding hydrogens is 252 g/mol. The van der Waals surface area contributed by atoms with E-state index in [0.717, 1.165) is 0 Å². The topological polar surface area (TPSA) is 130 Å². The van der Waals surface area contributed by atoms with Gasteiger partial charge in [0.1, 0.15) is 0 Å². The van der Waals surface area contributed by atoms with Gasteiger partial charge in [0.2, 0.25) is 5.88 Å². The molecule has 0 atom stereocenters. The zero-order chi connectivity index (χ0) is 14.0. The average Bonchev–Trinajstić information content (AvgIpc) is 2.68. The van der Waals surface area contributed by atoms with Gasteiger partial charge in [-0.25, -0.2) is 4.79 Å². The molecule has 0 bridgehead atoms. The van der Waals surface area contributed by atoms with Crippen LogP contribution in [0.15, 0.2) is 30.3 Å². The van der Waals surface area contributed by atoms with E-state index in [1.165, 1.54) is 30.3 Å². The SMILES string of the molecule is Nn1nc(NC(=O)c2cccc(C(=O)O)c2)cc1O. The third-order valence-corrected chi connectivity index (χ3v) is 2.33. The summed E-state index contributed by atoms with van der Waals surface area (Å²) in [6.45, 7) is 0. The predicted molar refractivity (Wildman–Crippen MR) is 65.4 cm³/mol. The van der Waals surface area contributed by atoms with Gasteiger partial charge in [-0.3, -0.25) is 4.79 Å². The fraction of sp³-hybridized carbons (Fsp3) is 0. The summed E-state index contributed by atoms with van der Waals surface area (Å²) in [4.78, 5) is 23.3. The number of carbonyl (C=O) groups excluding carboxylic acids is 1. The predicted octanol–water partition coefficient (Wildman–Crippen LogP) is 0.253. The lowest BCUT2D eigenvalue weighted by molar-refractivity contribution is 0.0697. The number of nitrogens with zero attached hydrogens (tertiary/aromatic N) is 2. The fourth-order valence-corrected chi connectivity index (χ4v) is 1.43. The third kappa shape index (κ3) is 2.63. The lowest BCUT2D eigenvalue weighted by Gasteiger charge is -2.02. The fourth-order valence-electron chi connectivity index (χ4n) is 1.43. The smallest absolute Gasteiger partial charge is 0.335 e. The van der Waals surface area contributed by atoms with Gasteiger partial charge < -0.3 is 21.4 Å². The maximum Gasteiger partial charge on any atom is 0.335 e. The largest absolute Gasteiger partial charge is 0.492 e. The van der Waals surface area contributed by atoms with Crippen LogP contribution in [0.5, 0.6) is 5.88 Å². The summed E-state index contributed by atoms with van der Waals surface area (Å²) >= 11 is 0. The van der Waals surface area contributed by atoms with Crippen molar-refractivity contribution in [3.8, 4) is 5.88 Å². The van der Waals surface area contributed by atoms with E-state index in [9.17, 15) is 14.7 Å². The number of nitrogens with two attached hydrogens (primary N) is 1. The van der Waals surface area contributed by atoms with Crippen LogP contribution >= 0.6 is 0 Å². The van der Waals surface area contributed by atoms with Gasteiger partial charge in [0.15, 0.2) is 5.82 Å². The molecule has 1 aromatic heterocycles. The Morgan fingerprint density at radius 3 is 2.53 bits per heavy atom. The van der Waals surface area contributed by atoms with Crippen molar-refractivity contribution in [2.24, 2.45) is 0 Å². The van der Waals surface area contributed by atoms with Gasteiger partial charge in [0.05, 0.1) is 5.56 Å². The standard InChI is InChI=1S/C11H10N4O4/c12-15-9(16)5-8(14-15)13-10(17)6-2-1-3-7(4-6)11(18)19/h1-5,16H,12H2,(H,18,19)(H,13,14,17). The highest BCUT2D eigenvalue weighted by atomic mass is 16.4. The summed E-state index contributed by atoms with van der Waals surface area (Å²) in [5, 5.41) is 24.0. The van der Waals surface area contributed by atoms with Gasteiger partial charge in [0, 0.05) is 11.6 Å². The zero-order valence-electron chi connectivity index (χ0n) is 9.57. The summed E-state index contributed by atoms with van der Waals surface area (Å²) < 4.78 is 0. The number of aromatic nitrogens is 2. The summed E-state index contributed by atoms with van der Waals surface area (Å²) in [6.07, 6.45) is 0. The molecule has 1 heterocycles. The summed E-state index contributed by atoms with van der Waals surface area (Å²) in [6, 6.07) is 6.69. The normalized spacial score (nSPS) is 10.1. The van der Waals surface area contributed by atoms with E-state index in [1.54, 1.807) is 0 Å². The third-order valence-electron chi connectivity index (χ3n) is 2.33. The molecule has 8 heteroatoms. The number of carbonyl (C=O) groups is 2. The van der Waals surface area contributed by atoms with Crippen molar-refractivity contribution in [2.45, 2.75) is 0 Å². The van der Waals surface area contributed by atoms with Gasteiger partial charge in [-0.1, -0.05) is 6.07 Å². The number of carboxylic acid groups (broad SMARTS) is 1. The molecule has 0 aliphatic carbocycles. The molecule has 2 aromatic rings. The van der Waals surface area contributed by atoms with E-state index in [0.29, 0.717) is 4.79 Å². The molecule has 19 heavy (non-hydrogen) atoms. The molecule has 98 valence electrons. The minimum atomic E-state index is -1.13. The molecule has 1 aromatic carbocycles. The second kappa shape index (κ2) is 4.69. The molecule has 0 saturated heterocycles. The van der Waals surface area contributed by atoms with Gasteiger partial charge in [-0.05, 0) is 18.2 Å². The number of rotatable bonds is 3. The van der Waals surface area contributed by atoms with Gasteiger partial charge in [-0.2, -0.15) is 0 Å². The van der Waals surface area contributed by atoms with Crippen LogP contribution in [-0.4, -0.2) is 32.0 Å². The summed E-state index contributed by atoms with van der Waals surface area (Å²) in [5.74, 6) is 3.31. The monoisotopic (exact) mass is 262 g/mol. The van der Waals surface area contributed by atoms with Crippen LogP contribution in [0.3, 0.4) is 0 Å². The van der Waals surface area contributed by atoms with Crippen LogP contribution < -0.4 is 11.2 Å². The second-order valence-electron chi connectivity index (χ2n) is 3.67. The first kappa shape index (κ1) is 12.4. The first-order valence-electron chi connectivity index (χ1n) is 5.16. The molecule has 0 radical (unpaired) electrons. The van der Waals surface area contributed by atoms with Crippen molar-refractivity contribution in [1.82, 2.24) is 9.89 Å². The summed E-state index contributed by atoms with van der Waals surface area (Å²) in [5.41, 5.74) is 0.158. The lowest BCUT2D eigenvalue weighted by atomic mass is 10.1. The number of aromatic hydroxyl groups is 1. The quantitative estimate of drug-likeness (QED) is 0.586. The minimum absolute atomic E-state index is 0.000138. The molecule has 0 unspecified atom stereocenters. The number of benzene rings is 1. The van der Waals surface area contributed by atoms with Crippen molar-refractivity contribution in [1.29, 1.82) is 0 Å². The Labute approximate surface area is 107 Å². The number of hydrogen-bond acceptors (Lipinski definition) is 5. The second-order valence-corrected chi connectivity index (χ2v) is 3.67. The van der Waals surface area contributed by atoms with Crippen molar-refractivity contribution in [2.75, 3.05) is 11.2 Å². The van der Waals surface area contributed by atoms with E-state index in [-0.39, 0.29) is 22.8 Å². The molecule has 2 rings (SSSR count). The van der Waals surface area contributed by atoms with E-state index in [2.05, 4.69) is 10.4 Å². The van der Waals surface area contributed by atoms with Crippen LogP contribution in [-0.2, 0) is 0 Å². The number of aromatic carboxylic acids is 1. The maximum absolute atomic E-state index is 11.8. The highest BCUT2D eigenvalue weighted by molar-refractivity contribution is 6.05. The Hall–Kier alpha value is -3.03. The van der Waals surface area contributed by atoms with Gasteiger partial charge in [0.25, 0.3) is 5.91 Å². The maximum atomic E-state index is 11.8. The van der Waals surface area contributed by atoms with Crippen molar-refractivity contribution in [3.63, 3.8) is 0 Å². The number of nitrogen functional groups attached to an aromatic ring is 1. The first-order valence-corrected chi connectivity index (χ1v) is 5.16. The minimum Gasteiger partial charge on any atom is -0.492 e. The molecule has 0 aliphatic heterocycles. The van der Waals surface area contributed by atoms with Crippen molar-refractivity contribution in [3.05, 3.63) is 41.5 Å². The van der Waals surface area contributed by atoms with E-state index < -0.39 is 11.9 Å². The zero-order valence-corrected chi connectivity index (χ0v) is 9.57. The average molecular weight is 262 g/mol. The van der Waals surface area contributed by atoms with E-state index in [1.807, 2.05) is 0 Å². The molecule has 0 spiro atoms. The molecule has 8 nitrogen and oxygen atoms in total. The molecule has 1 amide bonds. The van der Waals surface area contributed by atoms with Crippen LogP contribution in [0.1, 0.15) is 20.7 Å². The number of carboxylic acids is 1. The van der Waals surface area contributed by atoms with Crippen LogP contribution in [0.2, 0.25) is 0 Å². The molecular formula is C11H10N4O4. The molecule has 0 saturated carbocycles. The van der Waals surface area contributed by atoms with E-state index >= 15 is 0 Å². The Morgan fingerprint density at radius 1 is 1.26 bits per heavy atom. The molecule has 5 N–H and O–H groups in total. The van der Waals surface area contributed by atoms with Gasteiger partial charge in [-0.15, -0.1) is 9.89 Å².